The molecule has 0 aromatic heterocycles. The molecule has 1 unspecified atom stereocenters. The van der Waals surface area contributed by atoms with E-state index in [9.17, 15) is 5.11 Å². The van der Waals surface area contributed by atoms with Crippen molar-refractivity contribution in [1.29, 1.82) is 0 Å². The van der Waals surface area contributed by atoms with E-state index in [4.69, 9.17) is 0 Å². The highest BCUT2D eigenvalue weighted by Gasteiger charge is 2.26. The van der Waals surface area contributed by atoms with Crippen molar-refractivity contribution in [1.82, 2.24) is 0 Å². The van der Waals surface area contributed by atoms with E-state index < -0.39 is 0 Å². The Hall–Kier alpha value is -0.980. The van der Waals surface area contributed by atoms with Gasteiger partial charge in [-0.2, -0.15) is 0 Å². The fourth-order valence-electron chi connectivity index (χ4n) is 5.42. The summed E-state index contributed by atoms with van der Waals surface area (Å²) in [5.41, 5.74) is 1.42. The fourth-order valence-corrected chi connectivity index (χ4v) is 5.42. The standard InChI is InChI=1S/C24H38O/c1-2-19-8-10-20(11-9-19)12-15-23(22-6-4-3-5-7-22)18-21-13-16-24(25)17-14-21/h13-14,16-17,19-20,22-23,25H,2-12,15,18H2,1H3. The van der Waals surface area contributed by atoms with Crippen molar-refractivity contribution in [3.8, 4) is 5.75 Å². The molecule has 2 aliphatic rings. The van der Waals surface area contributed by atoms with E-state index in [1.807, 2.05) is 12.1 Å². The second-order valence-electron chi connectivity index (χ2n) is 8.90. The van der Waals surface area contributed by atoms with E-state index in [1.165, 1.54) is 89.0 Å². The maximum atomic E-state index is 9.55. The lowest BCUT2D eigenvalue weighted by molar-refractivity contribution is 0.198. The third-order valence-corrected chi connectivity index (χ3v) is 7.24. The zero-order chi connectivity index (χ0) is 17.5. The number of aromatic hydroxyl groups is 1. The minimum absolute atomic E-state index is 0.394. The van der Waals surface area contributed by atoms with Crippen LogP contribution in [0.1, 0.15) is 89.5 Å². The molecule has 1 aromatic rings. The Morgan fingerprint density at radius 2 is 1.52 bits per heavy atom. The van der Waals surface area contributed by atoms with Crippen molar-refractivity contribution in [3.05, 3.63) is 29.8 Å². The second-order valence-corrected chi connectivity index (χ2v) is 8.90. The van der Waals surface area contributed by atoms with Crippen LogP contribution < -0.4 is 0 Å². The minimum atomic E-state index is 0.394. The Kier molecular flexibility index (Phi) is 7.25. The maximum Gasteiger partial charge on any atom is 0.115 e. The summed E-state index contributed by atoms with van der Waals surface area (Å²) in [5.74, 6) is 4.20. The fraction of sp³-hybridized carbons (Fsp3) is 0.750. The molecule has 1 heteroatoms. The Bertz CT molecular complexity index is 477. The van der Waals surface area contributed by atoms with Gasteiger partial charge in [0.05, 0.1) is 0 Å². The van der Waals surface area contributed by atoms with Crippen LogP contribution in [0.25, 0.3) is 0 Å². The molecule has 2 aliphatic carbocycles. The zero-order valence-electron chi connectivity index (χ0n) is 16.3. The molecular weight excluding hydrogens is 304 g/mol. The summed E-state index contributed by atoms with van der Waals surface area (Å²) in [5, 5.41) is 9.55. The Morgan fingerprint density at radius 1 is 0.880 bits per heavy atom. The van der Waals surface area contributed by atoms with Crippen LogP contribution >= 0.6 is 0 Å². The van der Waals surface area contributed by atoms with E-state index >= 15 is 0 Å². The molecule has 0 saturated heterocycles. The summed E-state index contributed by atoms with van der Waals surface area (Å²) in [6.07, 6.45) is 18.6. The molecule has 0 aliphatic heterocycles. The van der Waals surface area contributed by atoms with Gasteiger partial charge >= 0.3 is 0 Å². The van der Waals surface area contributed by atoms with Crippen LogP contribution in [0.2, 0.25) is 0 Å². The first-order valence-electron chi connectivity index (χ1n) is 11.0. The highest BCUT2D eigenvalue weighted by molar-refractivity contribution is 5.26. The molecule has 1 nitrogen and oxygen atoms in total. The summed E-state index contributed by atoms with van der Waals surface area (Å²) >= 11 is 0. The van der Waals surface area contributed by atoms with Crippen LogP contribution in [0.5, 0.6) is 5.75 Å². The number of phenolic OH excluding ortho intramolecular Hbond substituents is 1. The summed E-state index contributed by atoms with van der Waals surface area (Å²) in [7, 11) is 0. The van der Waals surface area contributed by atoms with E-state index in [-0.39, 0.29) is 0 Å². The smallest absolute Gasteiger partial charge is 0.115 e. The summed E-state index contributed by atoms with van der Waals surface area (Å²) in [4.78, 5) is 0. The number of rotatable bonds is 7. The quantitative estimate of drug-likeness (QED) is 0.559. The lowest BCUT2D eigenvalue weighted by Crippen LogP contribution is -2.22. The second kappa shape index (κ2) is 9.64. The number of phenols is 1. The molecule has 0 amide bonds. The number of benzene rings is 1. The van der Waals surface area contributed by atoms with Crippen molar-refractivity contribution < 1.29 is 5.11 Å². The molecule has 0 spiro atoms. The van der Waals surface area contributed by atoms with Gasteiger partial charge < -0.3 is 5.11 Å². The van der Waals surface area contributed by atoms with Gasteiger partial charge in [0, 0.05) is 0 Å². The predicted octanol–water partition coefficient (Wildman–Crippen LogP) is 7.13. The highest BCUT2D eigenvalue weighted by Crippen LogP contribution is 2.38. The zero-order valence-corrected chi connectivity index (χ0v) is 16.3. The van der Waals surface area contributed by atoms with Gasteiger partial charge in [-0.15, -0.1) is 0 Å². The molecule has 1 N–H and O–H groups in total. The van der Waals surface area contributed by atoms with Crippen LogP contribution in [-0.4, -0.2) is 5.11 Å². The molecule has 2 saturated carbocycles. The van der Waals surface area contributed by atoms with Gasteiger partial charge in [-0.25, -0.2) is 0 Å². The first kappa shape index (κ1) is 18.8. The average Bonchev–Trinajstić information content (AvgIpc) is 2.68. The van der Waals surface area contributed by atoms with E-state index in [2.05, 4.69) is 19.1 Å². The molecule has 1 aromatic carbocycles. The summed E-state index contributed by atoms with van der Waals surface area (Å²) in [6.45, 7) is 2.36. The van der Waals surface area contributed by atoms with Gasteiger partial charge in [0.1, 0.15) is 5.75 Å². The van der Waals surface area contributed by atoms with Gasteiger partial charge in [-0.05, 0) is 54.2 Å². The van der Waals surface area contributed by atoms with Crippen LogP contribution in [0.3, 0.4) is 0 Å². The number of hydrogen-bond donors (Lipinski definition) is 1. The van der Waals surface area contributed by atoms with Crippen LogP contribution in [-0.2, 0) is 6.42 Å². The van der Waals surface area contributed by atoms with Gasteiger partial charge in [0.15, 0.2) is 0 Å². The van der Waals surface area contributed by atoms with Crippen molar-refractivity contribution in [3.63, 3.8) is 0 Å². The van der Waals surface area contributed by atoms with Crippen LogP contribution in [0.4, 0.5) is 0 Å². The lowest BCUT2D eigenvalue weighted by atomic mass is 9.72. The molecule has 1 atom stereocenters. The van der Waals surface area contributed by atoms with Crippen molar-refractivity contribution in [2.75, 3.05) is 0 Å². The molecule has 0 radical (unpaired) electrons. The van der Waals surface area contributed by atoms with Gasteiger partial charge in [-0.1, -0.05) is 89.7 Å². The molecule has 25 heavy (non-hydrogen) atoms. The molecule has 3 rings (SSSR count). The molecule has 2 fully saturated rings. The average molecular weight is 343 g/mol. The Morgan fingerprint density at radius 3 is 2.16 bits per heavy atom. The van der Waals surface area contributed by atoms with Crippen molar-refractivity contribution in [2.24, 2.45) is 23.7 Å². The van der Waals surface area contributed by atoms with Crippen LogP contribution in [0.15, 0.2) is 24.3 Å². The molecule has 0 bridgehead atoms. The summed E-state index contributed by atoms with van der Waals surface area (Å²) < 4.78 is 0. The van der Waals surface area contributed by atoms with Crippen LogP contribution in [0, 0.1) is 23.7 Å². The number of hydrogen-bond acceptors (Lipinski definition) is 1. The summed E-state index contributed by atoms with van der Waals surface area (Å²) in [6, 6.07) is 7.99. The van der Waals surface area contributed by atoms with E-state index in [0.29, 0.717) is 5.75 Å². The third-order valence-electron chi connectivity index (χ3n) is 7.24. The topological polar surface area (TPSA) is 20.2 Å². The third kappa shape index (κ3) is 5.76. The first-order valence-corrected chi connectivity index (χ1v) is 11.0. The first-order chi connectivity index (χ1) is 12.2. The lowest BCUT2D eigenvalue weighted by Gasteiger charge is -2.33. The Balaban J connectivity index is 1.55. The molecule has 0 heterocycles. The monoisotopic (exact) mass is 342 g/mol. The van der Waals surface area contributed by atoms with Gasteiger partial charge in [-0.3, -0.25) is 0 Å². The largest absolute Gasteiger partial charge is 0.508 e. The van der Waals surface area contributed by atoms with Crippen molar-refractivity contribution >= 4 is 0 Å². The SMILES string of the molecule is CCC1CCC(CCC(Cc2ccc(O)cc2)C2CCCCC2)CC1. The van der Waals surface area contributed by atoms with Gasteiger partial charge in [0.2, 0.25) is 0 Å². The van der Waals surface area contributed by atoms with E-state index in [0.717, 1.165) is 23.7 Å². The Labute approximate surface area is 155 Å². The predicted molar refractivity (Wildman–Crippen MR) is 107 cm³/mol. The minimum Gasteiger partial charge on any atom is -0.508 e. The van der Waals surface area contributed by atoms with E-state index in [1.54, 1.807) is 0 Å². The maximum absolute atomic E-state index is 9.55. The highest BCUT2D eigenvalue weighted by atomic mass is 16.3. The molecular formula is C24H38O. The molecule has 140 valence electrons. The van der Waals surface area contributed by atoms with Crippen molar-refractivity contribution in [2.45, 2.75) is 90.4 Å². The normalized spacial score (nSPS) is 26.4. The van der Waals surface area contributed by atoms with Gasteiger partial charge in [0.25, 0.3) is 0 Å².